The van der Waals surface area contributed by atoms with Crippen molar-refractivity contribution in [2.75, 3.05) is 5.32 Å². The fourth-order valence-corrected chi connectivity index (χ4v) is 2.26. The number of nitro groups is 1. The topological polar surface area (TPSA) is 72.2 Å². The lowest BCUT2D eigenvalue weighted by Crippen LogP contribution is -2.32. The fraction of sp³-hybridized carbons (Fsp3) is 0.533. The van der Waals surface area contributed by atoms with Crippen molar-refractivity contribution in [3.63, 3.8) is 0 Å². The van der Waals surface area contributed by atoms with Crippen molar-refractivity contribution >= 4 is 17.3 Å². The first-order valence-electron chi connectivity index (χ1n) is 7.41. The molecule has 5 nitrogen and oxygen atoms in total. The Kier molecular flexibility index (Phi) is 6.53. The van der Waals surface area contributed by atoms with E-state index in [-0.39, 0.29) is 31.4 Å². The maximum atomic E-state index is 13.6. The molecule has 8 heteroatoms. The first-order valence-corrected chi connectivity index (χ1v) is 7.41. The summed E-state index contributed by atoms with van der Waals surface area (Å²) < 4.78 is 39.6. The summed E-state index contributed by atoms with van der Waals surface area (Å²) >= 11 is 0. The molecule has 0 spiro atoms. The Morgan fingerprint density at radius 2 is 1.87 bits per heavy atom. The zero-order valence-electron chi connectivity index (χ0n) is 12.9. The number of anilines is 1. The molecule has 1 amide bonds. The van der Waals surface area contributed by atoms with Crippen LogP contribution in [-0.4, -0.2) is 16.8 Å². The Morgan fingerprint density at radius 1 is 1.30 bits per heavy atom. The molecule has 1 saturated carbocycles. The number of alkyl halides is 2. The Labute approximate surface area is 132 Å². The average Bonchev–Trinajstić information content (AvgIpc) is 2.51. The minimum absolute atomic E-state index is 0.0352. The van der Waals surface area contributed by atoms with Gasteiger partial charge in [0.15, 0.2) is 5.82 Å². The summed E-state index contributed by atoms with van der Waals surface area (Å²) in [6, 6.07) is 2.85. The van der Waals surface area contributed by atoms with Gasteiger partial charge >= 0.3 is 0 Å². The van der Waals surface area contributed by atoms with Gasteiger partial charge in [-0.25, -0.2) is 13.2 Å². The molecule has 23 heavy (non-hydrogen) atoms. The van der Waals surface area contributed by atoms with Gasteiger partial charge in [-0.15, -0.1) is 0 Å². The molecular weight excluding hydrogens is 313 g/mol. The van der Waals surface area contributed by atoms with Crippen LogP contribution < -0.4 is 5.32 Å². The Balaban J connectivity index is 0.00000127. The van der Waals surface area contributed by atoms with Gasteiger partial charge in [-0.2, -0.15) is 0 Å². The summed E-state index contributed by atoms with van der Waals surface area (Å²) in [7, 11) is 0. The molecule has 1 N–H and O–H groups in total. The monoisotopic (exact) mass is 332 g/mol. The van der Waals surface area contributed by atoms with E-state index in [1.807, 2.05) is 13.8 Å². The van der Waals surface area contributed by atoms with Crippen LogP contribution in [0.5, 0.6) is 0 Å². The largest absolute Gasteiger partial charge is 0.323 e. The number of benzene rings is 1. The van der Waals surface area contributed by atoms with Crippen LogP contribution in [0.2, 0.25) is 0 Å². The predicted molar refractivity (Wildman–Crippen MR) is 79.9 cm³/mol. The second-order valence-electron chi connectivity index (χ2n) is 5.04. The van der Waals surface area contributed by atoms with Crippen LogP contribution in [-0.2, 0) is 4.79 Å². The lowest BCUT2D eigenvalue weighted by atomic mass is 9.86. The van der Waals surface area contributed by atoms with Gasteiger partial charge in [0, 0.05) is 24.8 Å². The highest BCUT2D eigenvalue weighted by Crippen LogP contribution is 2.36. The van der Waals surface area contributed by atoms with Crippen LogP contribution in [0.15, 0.2) is 18.2 Å². The number of carbonyl (C=O) groups is 1. The number of nitrogens with one attached hydrogen (secondary N) is 1. The van der Waals surface area contributed by atoms with Crippen LogP contribution in [0.25, 0.3) is 0 Å². The molecule has 128 valence electrons. The van der Waals surface area contributed by atoms with E-state index in [1.165, 1.54) is 0 Å². The second-order valence-corrected chi connectivity index (χ2v) is 5.04. The molecule has 0 radical (unpaired) electrons. The molecule has 1 aliphatic rings. The molecule has 0 aromatic heterocycles. The van der Waals surface area contributed by atoms with E-state index < -0.39 is 34.2 Å². The van der Waals surface area contributed by atoms with Gasteiger partial charge in [0.05, 0.1) is 16.7 Å². The molecule has 0 aliphatic heterocycles. The molecule has 0 saturated heterocycles. The van der Waals surface area contributed by atoms with E-state index in [2.05, 4.69) is 5.32 Å². The van der Waals surface area contributed by atoms with Crippen LogP contribution in [0, 0.1) is 21.8 Å². The number of halogens is 3. The SMILES string of the molecule is CC.O=C(Nc1ccc([N+](=O)[O-])cc1F)C1CCC(F)(F)CC1. The summed E-state index contributed by atoms with van der Waals surface area (Å²) in [6.45, 7) is 4.00. The summed E-state index contributed by atoms with van der Waals surface area (Å²) in [4.78, 5) is 21.6. The van der Waals surface area contributed by atoms with Gasteiger partial charge in [-0.1, -0.05) is 13.8 Å². The van der Waals surface area contributed by atoms with Gasteiger partial charge in [-0.3, -0.25) is 14.9 Å². The van der Waals surface area contributed by atoms with Crippen LogP contribution >= 0.6 is 0 Å². The molecule has 2 rings (SSSR count). The van der Waals surface area contributed by atoms with E-state index in [4.69, 9.17) is 0 Å². The molecule has 0 atom stereocenters. The minimum Gasteiger partial charge on any atom is -0.323 e. The number of non-ortho nitro benzene ring substituents is 1. The van der Waals surface area contributed by atoms with E-state index in [0.29, 0.717) is 6.07 Å². The van der Waals surface area contributed by atoms with Crippen molar-refractivity contribution < 1.29 is 22.9 Å². The summed E-state index contributed by atoms with van der Waals surface area (Å²) in [6.07, 6.45) is -0.664. The highest BCUT2D eigenvalue weighted by atomic mass is 19.3. The molecule has 0 bridgehead atoms. The van der Waals surface area contributed by atoms with Gasteiger partial charge in [0.1, 0.15) is 0 Å². The third-order valence-corrected chi connectivity index (χ3v) is 3.51. The first-order chi connectivity index (χ1) is 10.8. The zero-order valence-corrected chi connectivity index (χ0v) is 12.9. The standard InChI is InChI=1S/C13H13F3N2O3.C2H6/c14-10-7-9(18(20)21)1-2-11(10)17-12(19)8-3-5-13(15,16)6-4-8;1-2/h1-2,7-8H,3-6H2,(H,17,19);1-2H3. The normalized spacial score (nSPS) is 16.9. The van der Waals surface area contributed by atoms with Gasteiger partial charge in [-0.05, 0) is 18.9 Å². The molecule has 1 aromatic rings. The third-order valence-electron chi connectivity index (χ3n) is 3.51. The number of carbonyl (C=O) groups excluding carboxylic acids is 1. The quantitative estimate of drug-likeness (QED) is 0.653. The van der Waals surface area contributed by atoms with E-state index in [9.17, 15) is 28.1 Å². The van der Waals surface area contributed by atoms with Crippen molar-refractivity contribution in [1.82, 2.24) is 0 Å². The Morgan fingerprint density at radius 3 is 2.35 bits per heavy atom. The van der Waals surface area contributed by atoms with Gasteiger partial charge < -0.3 is 5.32 Å². The van der Waals surface area contributed by atoms with Crippen LogP contribution in [0.4, 0.5) is 24.5 Å². The number of rotatable bonds is 3. The molecule has 0 heterocycles. The van der Waals surface area contributed by atoms with Crippen molar-refractivity contribution in [3.8, 4) is 0 Å². The first kappa shape index (κ1) is 18.9. The Hall–Kier alpha value is -2.12. The van der Waals surface area contributed by atoms with Crippen molar-refractivity contribution in [2.24, 2.45) is 5.92 Å². The van der Waals surface area contributed by atoms with Crippen molar-refractivity contribution in [1.29, 1.82) is 0 Å². The highest BCUT2D eigenvalue weighted by molar-refractivity contribution is 5.92. The second kappa shape index (κ2) is 7.94. The number of nitro benzene ring substituents is 1. The highest BCUT2D eigenvalue weighted by Gasteiger charge is 2.37. The predicted octanol–water partition coefficient (Wildman–Crippen LogP) is 4.52. The number of amides is 1. The smallest absolute Gasteiger partial charge is 0.272 e. The summed E-state index contributed by atoms with van der Waals surface area (Å²) in [5.41, 5.74) is -0.620. The maximum absolute atomic E-state index is 13.6. The van der Waals surface area contributed by atoms with Crippen LogP contribution in [0.3, 0.4) is 0 Å². The molecule has 0 unspecified atom stereocenters. The summed E-state index contributed by atoms with van der Waals surface area (Å²) in [5, 5.41) is 12.8. The van der Waals surface area contributed by atoms with Crippen molar-refractivity contribution in [3.05, 3.63) is 34.1 Å². The van der Waals surface area contributed by atoms with E-state index >= 15 is 0 Å². The van der Waals surface area contributed by atoms with Gasteiger partial charge in [0.2, 0.25) is 11.8 Å². The van der Waals surface area contributed by atoms with Crippen LogP contribution in [0.1, 0.15) is 39.5 Å². The van der Waals surface area contributed by atoms with E-state index in [0.717, 1.165) is 12.1 Å². The average molecular weight is 332 g/mol. The number of nitrogens with zero attached hydrogens (tertiary/aromatic N) is 1. The molecular formula is C15H19F3N2O3. The van der Waals surface area contributed by atoms with E-state index in [1.54, 1.807) is 0 Å². The maximum Gasteiger partial charge on any atom is 0.272 e. The van der Waals surface area contributed by atoms with Crippen molar-refractivity contribution in [2.45, 2.75) is 45.5 Å². The minimum atomic E-state index is -2.74. The zero-order chi connectivity index (χ0) is 17.6. The fourth-order valence-electron chi connectivity index (χ4n) is 2.26. The lowest BCUT2D eigenvalue weighted by molar-refractivity contribution is -0.385. The molecule has 1 fully saturated rings. The van der Waals surface area contributed by atoms with Gasteiger partial charge in [0.25, 0.3) is 5.69 Å². The molecule has 1 aromatic carbocycles. The Bertz CT molecular complexity index is 569. The summed E-state index contributed by atoms with van der Waals surface area (Å²) in [5.74, 6) is -4.81. The number of hydrogen-bond donors (Lipinski definition) is 1. The third kappa shape index (κ3) is 5.22. The lowest BCUT2D eigenvalue weighted by Gasteiger charge is -2.27. The number of hydrogen-bond acceptors (Lipinski definition) is 3. The molecule has 1 aliphatic carbocycles.